The van der Waals surface area contributed by atoms with E-state index in [0.29, 0.717) is 12.2 Å². The fraction of sp³-hybridized carbons (Fsp3) is 0.455. The summed E-state index contributed by atoms with van der Waals surface area (Å²) < 4.78 is 7.17. The summed E-state index contributed by atoms with van der Waals surface area (Å²) in [7, 11) is 3.58. The van der Waals surface area contributed by atoms with Crippen molar-refractivity contribution in [3.63, 3.8) is 0 Å². The van der Waals surface area contributed by atoms with Crippen molar-refractivity contribution in [2.24, 2.45) is 7.05 Å². The molecule has 1 aromatic heterocycles. The third kappa shape index (κ3) is 5.31. The molecule has 1 aliphatic carbocycles. The molecule has 7 heteroatoms. The van der Waals surface area contributed by atoms with Crippen molar-refractivity contribution in [1.29, 1.82) is 0 Å². The van der Waals surface area contributed by atoms with Crippen LogP contribution in [0.15, 0.2) is 42.6 Å². The number of aryl methyl sites for hydroxylation is 1. The van der Waals surface area contributed by atoms with Gasteiger partial charge < -0.3 is 24.4 Å². The average Bonchev–Trinajstić information content (AvgIpc) is 3.46. The van der Waals surface area contributed by atoms with Gasteiger partial charge in [0, 0.05) is 36.7 Å². The van der Waals surface area contributed by atoms with Gasteiger partial charge in [0.1, 0.15) is 12.3 Å². The van der Waals surface area contributed by atoms with Crippen LogP contribution in [0.1, 0.15) is 32.4 Å². The van der Waals surface area contributed by atoms with Crippen molar-refractivity contribution in [1.82, 2.24) is 14.4 Å². The first-order valence-corrected chi connectivity index (χ1v) is 10.0. The van der Waals surface area contributed by atoms with Crippen LogP contribution in [-0.4, -0.2) is 52.0 Å². The van der Waals surface area contributed by atoms with E-state index in [4.69, 9.17) is 4.74 Å². The van der Waals surface area contributed by atoms with Gasteiger partial charge in [-0.2, -0.15) is 0 Å². The van der Waals surface area contributed by atoms with Gasteiger partial charge in [-0.3, -0.25) is 4.79 Å². The standard InChI is InChI=1S/C22H30N4O3/c1-16(2)25(22(28)23-17-7-11-20(29-4)12-8-17)15-21(27)26(18-9-10-18)14-19-6-5-13-24(19)3/h5-8,11-13,16,18H,9-10,14-15H2,1-4H3,(H,23,28). The number of urea groups is 1. The van der Waals surface area contributed by atoms with Gasteiger partial charge in [-0.15, -0.1) is 0 Å². The lowest BCUT2D eigenvalue weighted by Gasteiger charge is -2.30. The van der Waals surface area contributed by atoms with Crippen molar-refractivity contribution in [2.75, 3.05) is 19.0 Å². The Hall–Kier alpha value is -2.96. The number of rotatable bonds is 8. The van der Waals surface area contributed by atoms with Gasteiger partial charge in [0.05, 0.1) is 13.7 Å². The number of anilines is 1. The zero-order valence-electron chi connectivity index (χ0n) is 17.6. The van der Waals surface area contributed by atoms with Gasteiger partial charge >= 0.3 is 6.03 Å². The van der Waals surface area contributed by atoms with E-state index in [1.165, 1.54) is 0 Å². The molecule has 1 aliphatic rings. The van der Waals surface area contributed by atoms with Crippen LogP contribution in [0.4, 0.5) is 10.5 Å². The SMILES string of the molecule is COc1ccc(NC(=O)N(CC(=O)N(Cc2cccn2C)C2CC2)C(C)C)cc1. The number of methoxy groups -OCH3 is 1. The fourth-order valence-corrected chi connectivity index (χ4v) is 3.24. The summed E-state index contributed by atoms with van der Waals surface area (Å²) in [6.45, 7) is 4.46. The Kier molecular flexibility index (Phi) is 6.46. The minimum absolute atomic E-state index is 0.0210. The monoisotopic (exact) mass is 398 g/mol. The van der Waals surface area contributed by atoms with E-state index in [1.54, 1.807) is 36.3 Å². The Bertz CT molecular complexity index is 840. The number of hydrogen-bond donors (Lipinski definition) is 1. The molecule has 0 atom stereocenters. The highest BCUT2D eigenvalue weighted by Crippen LogP contribution is 2.29. The Morgan fingerprint density at radius 1 is 1.21 bits per heavy atom. The van der Waals surface area contributed by atoms with Gasteiger partial charge in [-0.1, -0.05) is 0 Å². The van der Waals surface area contributed by atoms with Crippen LogP contribution in [-0.2, 0) is 18.4 Å². The minimum Gasteiger partial charge on any atom is -0.497 e. The first kappa shape index (κ1) is 20.8. The summed E-state index contributed by atoms with van der Waals surface area (Å²) in [5, 5.41) is 2.88. The predicted octanol–water partition coefficient (Wildman–Crippen LogP) is 3.47. The highest BCUT2D eigenvalue weighted by Gasteiger charge is 2.34. The maximum absolute atomic E-state index is 13.1. The van der Waals surface area contributed by atoms with Crippen LogP contribution in [0.25, 0.3) is 0 Å². The highest BCUT2D eigenvalue weighted by atomic mass is 16.5. The largest absolute Gasteiger partial charge is 0.497 e. The number of carbonyl (C=O) groups is 2. The van der Waals surface area contributed by atoms with Gasteiger partial charge in [-0.25, -0.2) is 4.79 Å². The number of nitrogens with zero attached hydrogens (tertiary/aromatic N) is 3. The lowest BCUT2D eigenvalue weighted by molar-refractivity contribution is -0.133. The molecule has 0 spiro atoms. The first-order valence-electron chi connectivity index (χ1n) is 10.0. The maximum Gasteiger partial charge on any atom is 0.322 e. The Morgan fingerprint density at radius 2 is 1.90 bits per heavy atom. The summed E-state index contributed by atoms with van der Waals surface area (Å²) in [5.41, 5.74) is 1.75. The molecule has 1 aromatic carbocycles. The van der Waals surface area contributed by atoms with Crippen molar-refractivity contribution in [2.45, 2.75) is 45.3 Å². The molecule has 7 nitrogen and oxygen atoms in total. The number of aromatic nitrogens is 1. The van der Waals surface area contributed by atoms with Crippen LogP contribution < -0.4 is 10.1 Å². The van der Waals surface area contributed by atoms with Crippen molar-refractivity contribution in [3.05, 3.63) is 48.3 Å². The smallest absolute Gasteiger partial charge is 0.322 e. The van der Waals surface area contributed by atoms with Crippen molar-refractivity contribution in [3.8, 4) is 5.75 Å². The summed E-state index contributed by atoms with van der Waals surface area (Å²) in [6.07, 6.45) is 4.03. The maximum atomic E-state index is 13.1. The molecule has 1 saturated carbocycles. The molecule has 0 bridgehead atoms. The van der Waals surface area contributed by atoms with E-state index >= 15 is 0 Å². The molecule has 1 N–H and O–H groups in total. The minimum atomic E-state index is -0.284. The molecular formula is C22H30N4O3. The quantitative estimate of drug-likeness (QED) is 0.740. The molecule has 29 heavy (non-hydrogen) atoms. The second-order valence-electron chi connectivity index (χ2n) is 7.74. The number of hydrogen-bond acceptors (Lipinski definition) is 3. The van der Waals surface area contributed by atoms with E-state index in [-0.39, 0.29) is 30.6 Å². The van der Waals surface area contributed by atoms with Crippen LogP contribution in [0.3, 0.4) is 0 Å². The number of benzene rings is 1. The highest BCUT2D eigenvalue weighted by molar-refractivity contribution is 5.92. The van der Waals surface area contributed by atoms with Crippen LogP contribution in [0, 0.1) is 0 Å². The number of amides is 3. The molecule has 2 aromatic rings. The van der Waals surface area contributed by atoms with Crippen LogP contribution in [0.5, 0.6) is 5.75 Å². The second kappa shape index (κ2) is 9.03. The van der Waals surface area contributed by atoms with Crippen molar-refractivity contribution < 1.29 is 14.3 Å². The number of carbonyl (C=O) groups excluding carboxylic acids is 2. The Balaban J connectivity index is 1.66. The Morgan fingerprint density at radius 3 is 2.41 bits per heavy atom. The van der Waals surface area contributed by atoms with E-state index < -0.39 is 0 Å². The molecule has 3 amide bonds. The van der Waals surface area contributed by atoms with Gasteiger partial charge in [-0.05, 0) is 63.1 Å². The molecule has 156 valence electrons. The lowest BCUT2D eigenvalue weighted by Crippen LogP contribution is -2.48. The molecule has 1 fully saturated rings. The van der Waals surface area contributed by atoms with Gasteiger partial charge in [0.25, 0.3) is 0 Å². The normalized spacial score (nSPS) is 13.3. The Labute approximate surface area is 172 Å². The fourth-order valence-electron chi connectivity index (χ4n) is 3.24. The zero-order valence-corrected chi connectivity index (χ0v) is 17.6. The summed E-state index contributed by atoms with van der Waals surface area (Å²) >= 11 is 0. The van der Waals surface area contributed by atoms with Crippen LogP contribution >= 0.6 is 0 Å². The molecule has 0 saturated heterocycles. The first-order chi connectivity index (χ1) is 13.9. The summed E-state index contributed by atoms with van der Waals surface area (Å²) in [6, 6.07) is 11.0. The van der Waals surface area contributed by atoms with Gasteiger partial charge in [0.2, 0.25) is 5.91 Å². The number of nitrogens with one attached hydrogen (secondary N) is 1. The molecule has 1 heterocycles. The molecule has 0 unspecified atom stereocenters. The van der Waals surface area contributed by atoms with E-state index in [9.17, 15) is 9.59 Å². The van der Waals surface area contributed by atoms with Crippen LogP contribution in [0.2, 0.25) is 0 Å². The second-order valence-corrected chi connectivity index (χ2v) is 7.74. The van der Waals surface area contributed by atoms with Crippen molar-refractivity contribution >= 4 is 17.6 Å². The lowest BCUT2D eigenvalue weighted by atomic mass is 10.2. The topological polar surface area (TPSA) is 66.8 Å². The third-order valence-corrected chi connectivity index (χ3v) is 5.22. The average molecular weight is 399 g/mol. The summed E-state index contributed by atoms with van der Waals surface area (Å²) in [5.74, 6) is 0.701. The molecular weight excluding hydrogens is 368 g/mol. The van der Waals surface area contributed by atoms with Gasteiger partial charge in [0.15, 0.2) is 0 Å². The molecule has 3 rings (SSSR count). The molecule has 0 aliphatic heterocycles. The van der Waals surface area contributed by atoms with E-state index in [2.05, 4.69) is 5.32 Å². The summed E-state index contributed by atoms with van der Waals surface area (Å²) in [4.78, 5) is 29.4. The van der Waals surface area contributed by atoms with E-state index in [1.807, 2.05) is 48.7 Å². The number of ether oxygens (including phenoxy) is 1. The predicted molar refractivity (Wildman–Crippen MR) is 113 cm³/mol. The van der Waals surface area contributed by atoms with E-state index in [0.717, 1.165) is 24.3 Å². The third-order valence-electron chi connectivity index (χ3n) is 5.22. The zero-order chi connectivity index (χ0) is 21.0. The molecule has 0 radical (unpaired) electrons.